The van der Waals surface area contributed by atoms with Gasteiger partial charge in [0, 0.05) is 7.11 Å². The van der Waals surface area contributed by atoms with E-state index in [9.17, 15) is 20.4 Å². The number of ether oxygens (including phenoxy) is 1. The highest BCUT2D eigenvalue weighted by molar-refractivity contribution is 4.99. The van der Waals surface area contributed by atoms with Gasteiger partial charge in [0.15, 0.2) is 0 Å². The van der Waals surface area contributed by atoms with Gasteiger partial charge in [-0.05, 0) is 0 Å². The van der Waals surface area contributed by atoms with Crippen molar-refractivity contribution < 1.29 is 30.3 Å². The fraction of sp³-hybridized carbons (Fsp3) is 1.00. The first-order valence-electron chi connectivity index (χ1n) is 3.93. The molecular weight excluding hydrogens is 180 g/mol. The van der Waals surface area contributed by atoms with E-state index >= 15 is 0 Å². The van der Waals surface area contributed by atoms with Crippen LogP contribution in [-0.2, 0) is 4.74 Å². The third-order valence-corrected chi connectivity index (χ3v) is 2.35. The summed E-state index contributed by atoms with van der Waals surface area (Å²) in [5.74, 6) is 0. The number of methoxy groups -OCH3 is 1. The molecule has 0 bridgehead atoms. The van der Waals surface area contributed by atoms with Crippen molar-refractivity contribution in [3.8, 4) is 0 Å². The van der Waals surface area contributed by atoms with Crippen LogP contribution in [0.4, 0.5) is 0 Å². The lowest BCUT2D eigenvalue weighted by Crippen LogP contribution is -2.64. The topological polar surface area (TPSA) is 110 Å². The summed E-state index contributed by atoms with van der Waals surface area (Å²) in [6, 6.07) is 0. The zero-order valence-corrected chi connectivity index (χ0v) is 7.11. The first kappa shape index (κ1) is 10.8. The zero-order valence-electron chi connectivity index (χ0n) is 7.11. The highest BCUT2D eigenvalue weighted by Gasteiger charge is 2.48. The first-order chi connectivity index (χ1) is 6.00. The van der Waals surface area contributed by atoms with Gasteiger partial charge in [-0.15, -0.1) is 0 Å². The fourth-order valence-corrected chi connectivity index (χ4v) is 1.48. The summed E-state index contributed by atoms with van der Waals surface area (Å²) in [7, 11) is 1.23. The van der Waals surface area contributed by atoms with E-state index in [-0.39, 0.29) is 0 Å². The van der Waals surface area contributed by atoms with Crippen LogP contribution in [-0.4, -0.2) is 69.3 Å². The lowest BCUT2D eigenvalue weighted by atomic mass is 9.85. The second-order valence-corrected chi connectivity index (χ2v) is 3.15. The molecule has 0 aromatic carbocycles. The van der Waals surface area contributed by atoms with Gasteiger partial charge in [0.1, 0.15) is 36.6 Å². The smallest absolute Gasteiger partial charge is 0.114 e. The fourth-order valence-electron chi connectivity index (χ4n) is 1.48. The predicted molar refractivity (Wildman–Crippen MR) is 40.8 cm³/mol. The van der Waals surface area contributed by atoms with Crippen LogP contribution in [0.2, 0.25) is 0 Å². The van der Waals surface area contributed by atoms with Crippen molar-refractivity contribution in [3.63, 3.8) is 0 Å². The Hall–Kier alpha value is -0.240. The highest BCUT2D eigenvalue weighted by atomic mass is 16.5. The number of hydrogen-bond donors (Lipinski definition) is 5. The molecule has 0 aromatic heterocycles. The van der Waals surface area contributed by atoms with Crippen LogP contribution in [0.15, 0.2) is 0 Å². The summed E-state index contributed by atoms with van der Waals surface area (Å²) < 4.78 is 4.67. The Labute approximate surface area is 75.0 Å². The normalized spacial score (nSPS) is 52.2. The van der Waals surface area contributed by atoms with Crippen molar-refractivity contribution in [2.24, 2.45) is 0 Å². The van der Waals surface area contributed by atoms with Gasteiger partial charge in [0.05, 0.1) is 0 Å². The summed E-state index contributed by atoms with van der Waals surface area (Å²) >= 11 is 0. The van der Waals surface area contributed by atoms with Gasteiger partial charge in [-0.25, -0.2) is 0 Å². The van der Waals surface area contributed by atoms with E-state index in [0.717, 1.165) is 0 Å². The summed E-state index contributed by atoms with van der Waals surface area (Å²) in [6.45, 7) is 0. The SMILES string of the molecule is CO[C@H]1C(O)[C@H](O)C(O)C(O)[C@H]1O. The Morgan fingerprint density at radius 3 is 1.31 bits per heavy atom. The quantitative estimate of drug-likeness (QED) is 0.301. The van der Waals surface area contributed by atoms with Crippen LogP contribution in [0.1, 0.15) is 0 Å². The van der Waals surface area contributed by atoms with Crippen LogP contribution < -0.4 is 0 Å². The van der Waals surface area contributed by atoms with E-state index in [0.29, 0.717) is 0 Å². The Balaban J connectivity index is 2.79. The minimum absolute atomic E-state index is 1.09. The largest absolute Gasteiger partial charge is 0.387 e. The third-order valence-electron chi connectivity index (χ3n) is 2.35. The lowest BCUT2D eigenvalue weighted by molar-refractivity contribution is -0.229. The van der Waals surface area contributed by atoms with E-state index in [2.05, 4.69) is 4.74 Å². The Morgan fingerprint density at radius 2 is 1.00 bits per heavy atom. The molecule has 0 spiro atoms. The van der Waals surface area contributed by atoms with E-state index in [1.165, 1.54) is 7.11 Å². The predicted octanol–water partition coefficient (Wildman–Crippen LogP) is -3.18. The molecule has 0 radical (unpaired) electrons. The molecule has 1 aliphatic carbocycles. The maximum atomic E-state index is 9.29. The molecule has 3 unspecified atom stereocenters. The van der Waals surface area contributed by atoms with Gasteiger partial charge < -0.3 is 30.3 Å². The van der Waals surface area contributed by atoms with Crippen molar-refractivity contribution in [2.45, 2.75) is 36.6 Å². The molecule has 1 fully saturated rings. The lowest BCUT2D eigenvalue weighted by Gasteiger charge is -2.40. The van der Waals surface area contributed by atoms with Gasteiger partial charge in [-0.3, -0.25) is 0 Å². The van der Waals surface area contributed by atoms with Crippen LogP contribution in [0, 0.1) is 0 Å². The molecule has 5 N–H and O–H groups in total. The Morgan fingerprint density at radius 1 is 0.692 bits per heavy atom. The zero-order chi connectivity index (χ0) is 10.2. The molecule has 6 nitrogen and oxygen atoms in total. The Bertz CT molecular complexity index is 158. The molecule has 0 saturated heterocycles. The Kier molecular flexibility index (Phi) is 3.23. The van der Waals surface area contributed by atoms with E-state index < -0.39 is 36.6 Å². The molecule has 13 heavy (non-hydrogen) atoms. The van der Waals surface area contributed by atoms with Crippen molar-refractivity contribution >= 4 is 0 Å². The number of aliphatic hydroxyl groups excluding tert-OH is 5. The molecule has 0 aromatic rings. The molecule has 1 saturated carbocycles. The van der Waals surface area contributed by atoms with Crippen LogP contribution >= 0.6 is 0 Å². The van der Waals surface area contributed by atoms with Gasteiger partial charge in [0.25, 0.3) is 0 Å². The molecule has 1 rings (SSSR count). The first-order valence-corrected chi connectivity index (χ1v) is 3.93. The minimum atomic E-state index is -1.56. The van der Waals surface area contributed by atoms with E-state index in [1.54, 1.807) is 0 Å². The monoisotopic (exact) mass is 194 g/mol. The molecule has 78 valence electrons. The van der Waals surface area contributed by atoms with Crippen LogP contribution in [0.5, 0.6) is 0 Å². The van der Waals surface area contributed by atoms with E-state index in [1.807, 2.05) is 0 Å². The summed E-state index contributed by atoms with van der Waals surface area (Å²) in [4.78, 5) is 0. The van der Waals surface area contributed by atoms with Gasteiger partial charge in [-0.1, -0.05) is 0 Å². The van der Waals surface area contributed by atoms with Crippen molar-refractivity contribution in [1.29, 1.82) is 0 Å². The number of hydrogen-bond acceptors (Lipinski definition) is 6. The van der Waals surface area contributed by atoms with Gasteiger partial charge in [-0.2, -0.15) is 0 Å². The van der Waals surface area contributed by atoms with Crippen molar-refractivity contribution in [3.05, 3.63) is 0 Å². The number of aliphatic hydroxyl groups is 5. The molecule has 1 aliphatic rings. The highest BCUT2D eigenvalue weighted by Crippen LogP contribution is 2.23. The molecule has 0 heterocycles. The van der Waals surface area contributed by atoms with Crippen LogP contribution in [0.25, 0.3) is 0 Å². The van der Waals surface area contributed by atoms with Crippen LogP contribution in [0.3, 0.4) is 0 Å². The molecule has 0 aliphatic heterocycles. The van der Waals surface area contributed by atoms with Crippen molar-refractivity contribution in [2.75, 3.05) is 7.11 Å². The summed E-state index contributed by atoms with van der Waals surface area (Å²) in [5, 5.41) is 46.1. The van der Waals surface area contributed by atoms with Gasteiger partial charge >= 0.3 is 0 Å². The second kappa shape index (κ2) is 3.87. The molecule has 0 amide bonds. The van der Waals surface area contributed by atoms with E-state index in [4.69, 9.17) is 5.11 Å². The van der Waals surface area contributed by atoms with Crippen molar-refractivity contribution in [1.82, 2.24) is 0 Å². The number of rotatable bonds is 1. The minimum Gasteiger partial charge on any atom is -0.387 e. The molecular formula is C7H14O6. The molecule has 6 heteroatoms. The third kappa shape index (κ3) is 1.69. The maximum absolute atomic E-state index is 9.29. The summed E-state index contributed by atoms with van der Waals surface area (Å²) in [5.41, 5.74) is 0. The average Bonchev–Trinajstić information content (AvgIpc) is 2.13. The maximum Gasteiger partial charge on any atom is 0.114 e. The summed E-state index contributed by atoms with van der Waals surface area (Å²) in [6.07, 6.45) is -8.48. The standard InChI is InChI=1S/C7H14O6/c1-13-7-5(11)3(9)2(8)4(10)6(7)12/h2-12H,1H3/t2?,3-,4?,5?,6-,7+/m1/s1. The molecule has 6 atom stereocenters. The van der Waals surface area contributed by atoms with Gasteiger partial charge in [0.2, 0.25) is 0 Å². The second-order valence-electron chi connectivity index (χ2n) is 3.15. The average molecular weight is 194 g/mol.